The topological polar surface area (TPSA) is 92.4 Å². The molecule has 8 heteroatoms. The van der Waals surface area contributed by atoms with Gasteiger partial charge < -0.3 is 19.0 Å². The van der Waals surface area contributed by atoms with Crippen molar-refractivity contribution in [3.8, 4) is 0 Å². The highest BCUT2D eigenvalue weighted by molar-refractivity contribution is 6.06. The van der Waals surface area contributed by atoms with Gasteiger partial charge in [0.1, 0.15) is 18.1 Å². The molecule has 1 aliphatic carbocycles. The molecule has 0 saturated carbocycles. The summed E-state index contributed by atoms with van der Waals surface area (Å²) >= 11 is 0. The Bertz CT molecular complexity index is 1340. The highest BCUT2D eigenvalue weighted by Crippen LogP contribution is 2.50. The Hall–Kier alpha value is -3.04. The molecular formula is C34H42N2O6. The molecule has 4 aliphatic rings. The van der Waals surface area contributed by atoms with Crippen molar-refractivity contribution in [2.75, 3.05) is 33.4 Å². The maximum atomic E-state index is 14.0. The molecule has 2 amide bonds. The summed E-state index contributed by atoms with van der Waals surface area (Å²) < 4.78 is 17.6. The largest absolute Gasteiger partial charge is 0.459 e. The van der Waals surface area contributed by atoms with Gasteiger partial charge in [0.05, 0.1) is 31.2 Å². The van der Waals surface area contributed by atoms with E-state index in [0.29, 0.717) is 25.4 Å². The number of benzene rings is 1. The molecule has 6 rings (SSSR count). The highest BCUT2D eigenvalue weighted by atomic mass is 16.5. The molecule has 4 heterocycles. The number of fused-ring (bicyclic) bond motifs is 3. The molecule has 42 heavy (non-hydrogen) atoms. The Labute approximate surface area is 248 Å². The number of likely N-dealkylation sites (tertiary alicyclic amines) is 2. The van der Waals surface area contributed by atoms with E-state index in [-0.39, 0.29) is 48.3 Å². The number of aliphatic hydroxyl groups is 1. The number of hydrogen-bond acceptors (Lipinski definition) is 7. The predicted molar refractivity (Wildman–Crippen MR) is 158 cm³/mol. The fourth-order valence-corrected chi connectivity index (χ4v) is 7.57. The number of hydrogen-bond donors (Lipinski definition) is 1. The van der Waals surface area contributed by atoms with Crippen molar-refractivity contribution in [1.82, 2.24) is 9.80 Å². The van der Waals surface area contributed by atoms with E-state index in [4.69, 9.17) is 13.9 Å². The quantitative estimate of drug-likeness (QED) is 0.328. The van der Waals surface area contributed by atoms with Crippen LogP contribution in [0, 0.1) is 17.8 Å². The van der Waals surface area contributed by atoms with Gasteiger partial charge in [0.2, 0.25) is 11.8 Å². The molecule has 0 spiro atoms. The molecule has 224 valence electrons. The average molecular weight is 575 g/mol. The molecule has 0 bridgehead atoms. The van der Waals surface area contributed by atoms with Crippen LogP contribution in [0.4, 0.5) is 0 Å². The first kappa shape index (κ1) is 29.1. The first-order valence-corrected chi connectivity index (χ1v) is 15.3. The van der Waals surface area contributed by atoms with Crippen LogP contribution < -0.4 is 0 Å². The second-order valence-corrected chi connectivity index (χ2v) is 12.3. The van der Waals surface area contributed by atoms with Crippen molar-refractivity contribution < 1.29 is 28.6 Å². The molecule has 2 aromatic rings. The fraction of sp³-hybridized carbons (Fsp3) is 0.529. The zero-order valence-electron chi connectivity index (χ0n) is 24.7. The van der Waals surface area contributed by atoms with E-state index < -0.39 is 0 Å². The molecule has 0 radical (unpaired) electrons. The van der Waals surface area contributed by atoms with Crippen molar-refractivity contribution >= 4 is 17.9 Å². The van der Waals surface area contributed by atoms with Crippen molar-refractivity contribution in [3.63, 3.8) is 0 Å². The Balaban J connectivity index is 1.12. The maximum Gasteiger partial charge on any atom is 0.234 e. The van der Waals surface area contributed by atoms with Crippen molar-refractivity contribution in [2.45, 2.75) is 64.3 Å². The first-order valence-electron chi connectivity index (χ1n) is 15.3. The minimum absolute atomic E-state index is 0.00193. The fourth-order valence-electron chi connectivity index (χ4n) is 7.57. The molecule has 8 nitrogen and oxygen atoms in total. The lowest BCUT2D eigenvalue weighted by molar-refractivity contribution is -0.144. The Morgan fingerprint density at radius 3 is 2.57 bits per heavy atom. The number of imide groups is 1. The van der Waals surface area contributed by atoms with Crippen LogP contribution in [0.15, 0.2) is 63.6 Å². The van der Waals surface area contributed by atoms with Crippen LogP contribution in [0.5, 0.6) is 0 Å². The lowest BCUT2D eigenvalue weighted by atomic mass is 9.69. The second kappa shape index (κ2) is 12.7. The highest BCUT2D eigenvalue weighted by Gasteiger charge is 2.58. The van der Waals surface area contributed by atoms with E-state index >= 15 is 0 Å². The van der Waals surface area contributed by atoms with Gasteiger partial charge in [-0.15, -0.1) is 0 Å². The molecule has 3 aliphatic heterocycles. The van der Waals surface area contributed by atoms with Gasteiger partial charge in [-0.3, -0.25) is 19.4 Å². The third-order valence-electron chi connectivity index (χ3n) is 9.56. The molecule has 3 saturated heterocycles. The minimum Gasteiger partial charge on any atom is -0.459 e. The van der Waals surface area contributed by atoms with Gasteiger partial charge in [-0.1, -0.05) is 35.9 Å². The van der Waals surface area contributed by atoms with Crippen molar-refractivity contribution in [2.24, 2.45) is 17.8 Å². The number of methoxy groups -OCH3 is 1. The third-order valence-corrected chi connectivity index (χ3v) is 9.56. The summed E-state index contributed by atoms with van der Waals surface area (Å²) in [5, 5.41) is 9.26. The Kier molecular flexibility index (Phi) is 8.77. The van der Waals surface area contributed by atoms with Gasteiger partial charge >= 0.3 is 0 Å². The number of carbonyl (C=O) groups excluding carboxylic acids is 2. The summed E-state index contributed by atoms with van der Waals surface area (Å²) in [6, 6.07) is 14.1. The Morgan fingerprint density at radius 2 is 1.86 bits per heavy atom. The Morgan fingerprint density at radius 1 is 1.07 bits per heavy atom. The number of aliphatic hydroxyl groups excluding tert-OH is 1. The predicted octanol–water partition coefficient (Wildman–Crippen LogP) is 4.58. The maximum absolute atomic E-state index is 14.0. The van der Waals surface area contributed by atoms with Crippen LogP contribution in [-0.2, 0) is 32.2 Å². The molecule has 1 aromatic heterocycles. The minimum atomic E-state index is -0.336. The first-order chi connectivity index (χ1) is 20.5. The van der Waals surface area contributed by atoms with Gasteiger partial charge in [0, 0.05) is 38.7 Å². The van der Waals surface area contributed by atoms with Gasteiger partial charge in [-0.05, 0) is 73.9 Å². The lowest BCUT2D eigenvalue weighted by Gasteiger charge is -2.36. The van der Waals surface area contributed by atoms with E-state index in [1.54, 1.807) is 18.1 Å². The van der Waals surface area contributed by atoms with Crippen LogP contribution in [0.3, 0.4) is 0 Å². The number of allylic oxidation sites excluding steroid dienone is 1. The van der Waals surface area contributed by atoms with E-state index in [1.165, 1.54) is 11.1 Å². The third kappa shape index (κ3) is 5.78. The number of furan rings is 1. The molecule has 0 unspecified atom stereocenters. The number of carbonyl (C=O) groups is 2. The summed E-state index contributed by atoms with van der Waals surface area (Å²) in [5.41, 5.74) is 4.76. The van der Waals surface area contributed by atoms with E-state index in [0.717, 1.165) is 62.2 Å². The van der Waals surface area contributed by atoms with Crippen LogP contribution in [0.2, 0.25) is 0 Å². The monoisotopic (exact) mass is 574 g/mol. The van der Waals surface area contributed by atoms with Crippen LogP contribution >= 0.6 is 0 Å². The number of nitrogens with zero attached hydrogens (tertiary/aromatic N) is 2. The SMILES string of the molecule is COCC1=C2[C@@H](CC/C(C)=C/c3ccc(CO)o3)OC[C@@H]2[C@@H]2C(=O)N(C3CCN(Cc4ccccc4)CC3)C(=O)[C@@H]2C1. The van der Waals surface area contributed by atoms with Gasteiger partial charge in [0.25, 0.3) is 0 Å². The molecule has 4 atom stereocenters. The van der Waals surface area contributed by atoms with E-state index in [2.05, 4.69) is 36.1 Å². The van der Waals surface area contributed by atoms with Crippen LogP contribution in [0.25, 0.3) is 6.08 Å². The number of piperidine rings is 1. The smallest absolute Gasteiger partial charge is 0.234 e. The van der Waals surface area contributed by atoms with E-state index in [9.17, 15) is 14.7 Å². The van der Waals surface area contributed by atoms with Crippen molar-refractivity contribution in [1.29, 1.82) is 0 Å². The average Bonchev–Trinajstić information content (AvgIpc) is 3.70. The van der Waals surface area contributed by atoms with E-state index in [1.807, 2.05) is 18.2 Å². The number of ether oxygens (including phenoxy) is 2. The molecule has 1 N–H and O–H groups in total. The number of rotatable bonds is 10. The molecular weight excluding hydrogens is 532 g/mol. The summed E-state index contributed by atoms with van der Waals surface area (Å²) in [6.07, 6.45) is 5.72. The number of amides is 2. The zero-order chi connectivity index (χ0) is 29.2. The van der Waals surface area contributed by atoms with Gasteiger partial charge in [-0.25, -0.2) is 0 Å². The normalized spacial score (nSPS) is 27.2. The summed E-state index contributed by atoms with van der Waals surface area (Å²) in [7, 11) is 1.69. The summed E-state index contributed by atoms with van der Waals surface area (Å²) in [4.78, 5) is 31.9. The van der Waals surface area contributed by atoms with Crippen LogP contribution in [0.1, 0.15) is 56.1 Å². The molecule has 1 aromatic carbocycles. The summed E-state index contributed by atoms with van der Waals surface area (Å²) in [6.45, 7) is 5.54. The molecule has 3 fully saturated rings. The summed E-state index contributed by atoms with van der Waals surface area (Å²) in [5.74, 6) is 0.553. The van der Waals surface area contributed by atoms with Crippen molar-refractivity contribution in [3.05, 3.63) is 76.3 Å². The van der Waals surface area contributed by atoms with Crippen LogP contribution in [-0.4, -0.2) is 72.3 Å². The van der Waals surface area contributed by atoms with Gasteiger partial charge in [-0.2, -0.15) is 0 Å². The second-order valence-electron chi connectivity index (χ2n) is 12.3. The lowest BCUT2D eigenvalue weighted by Crippen LogP contribution is -2.47. The van der Waals surface area contributed by atoms with Gasteiger partial charge in [0.15, 0.2) is 0 Å². The standard InChI is InChI=1S/C34H42N2O6/c1-22(16-26-9-10-27(19-37)42-26)8-11-30-31-24(20-40-2)17-28-32(29(31)21-41-30)34(39)36(33(28)38)25-12-14-35(15-13-25)18-23-6-4-3-5-7-23/h3-7,9-10,16,25,28-30,32,37H,8,11-15,17-21H2,1-2H3/b22-16+/t28-,29+,30-,32-/m1/s1. The zero-order valence-corrected chi connectivity index (χ0v) is 24.7.